The van der Waals surface area contributed by atoms with Crippen LogP contribution in [0.3, 0.4) is 0 Å². The lowest BCUT2D eigenvalue weighted by atomic mass is 9.76. The summed E-state index contributed by atoms with van der Waals surface area (Å²) < 4.78 is 2.04. The Hall–Kier alpha value is -3.16. The molecule has 0 bridgehead atoms. The second-order valence-corrected chi connectivity index (χ2v) is 7.08. The molecule has 0 aliphatic carbocycles. The maximum atomic E-state index is 4.62. The van der Waals surface area contributed by atoms with E-state index in [0.717, 1.165) is 43.0 Å². The summed E-state index contributed by atoms with van der Waals surface area (Å²) in [5.74, 6) is 2.49. The van der Waals surface area contributed by atoms with Crippen LogP contribution in [0.1, 0.15) is 54.8 Å². The van der Waals surface area contributed by atoms with Gasteiger partial charge in [0.25, 0.3) is 0 Å². The molecule has 4 rings (SSSR count). The average Bonchev–Trinajstić information content (AvgIpc) is 3.38. The first-order chi connectivity index (χ1) is 13.7. The number of tetrazole rings is 1. The molecule has 3 heterocycles. The van der Waals surface area contributed by atoms with E-state index in [0.29, 0.717) is 12.2 Å². The minimum Gasteiger partial charge on any atom is -0.269 e. The van der Waals surface area contributed by atoms with Gasteiger partial charge in [-0.05, 0) is 30.5 Å². The van der Waals surface area contributed by atoms with Gasteiger partial charge in [0.1, 0.15) is 11.6 Å². The van der Waals surface area contributed by atoms with Gasteiger partial charge in [0.2, 0.25) is 0 Å². The van der Waals surface area contributed by atoms with Crippen LogP contribution in [-0.2, 0) is 18.4 Å². The lowest BCUT2D eigenvalue weighted by Gasteiger charge is -2.28. The van der Waals surface area contributed by atoms with E-state index in [4.69, 9.17) is 0 Å². The molecule has 1 aliphatic rings. The highest BCUT2D eigenvalue weighted by molar-refractivity contribution is 5.66. The molecule has 0 saturated carbocycles. The van der Waals surface area contributed by atoms with Crippen molar-refractivity contribution in [1.82, 2.24) is 35.4 Å². The summed E-state index contributed by atoms with van der Waals surface area (Å²) in [6.07, 6.45) is 9.44. The van der Waals surface area contributed by atoms with E-state index in [-0.39, 0.29) is 0 Å². The summed E-state index contributed by atoms with van der Waals surface area (Å²) in [6, 6.07) is 8.56. The fourth-order valence-corrected chi connectivity index (χ4v) is 3.58. The first kappa shape index (κ1) is 18.2. The van der Waals surface area contributed by atoms with Crippen molar-refractivity contribution in [2.24, 2.45) is 4.99 Å². The highest BCUT2D eigenvalue weighted by atomic mass is 15.5. The molecule has 0 amide bonds. The van der Waals surface area contributed by atoms with Crippen LogP contribution >= 0.6 is 0 Å². The van der Waals surface area contributed by atoms with Crippen molar-refractivity contribution in [2.75, 3.05) is 0 Å². The summed E-state index contributed by atoms with van der Waals surface area (Å²) >= 11 is 0. The number of nitrogens with zero attached hydrogens (tertiary/aromatic N) is 7. The first-order valence-electron chi connectivity index (χ1n) is 9.64. The van der Waals surface area contributed by atoms with Gasteiger partial charge in [-0.25, -0.2) is 9.67 Å². The molecule has 1 aromatic carbocycles. The molecule has 0 radical (unpaired) electrons. The molecule has 144 valence electrons. The molecular formula is C20H24N8. The number of aryl methyl sites for hydroxylation is 2. The molecular weight excluding hydrogens is 352 g/mol. The largest absolute Gasteiger partial charge is 0.269 e. The highest BCUT2D eigenvalue weighted by Crippen LogP contribution is 2.36. The number of unbranched alkanes of at least 4 members (excludes halogenated alkanes) is 1. The number of nitrogens with one attached hydrogen (secondary N) is 1. The average molecular weight is 376 g/mol. The van der Waals surface area contributed by atoms with E-state index in [1.807, 2.05) is 23.9 Å². The van der Waals surface area contributed by atoms with Crippen molar-refractivity contribution >= 4 is 6.21 Å². The molecule has 1 N–H and O–H groups in total. The zero-order valence-corrected chi connectivity index (χ0v) is 16.2. The van der Waals surface area contributed by atoms with Crippen LogP contribution in [0.4, 0.5) is 0 Å². The highest BCUT2D eigenvalue weighted by Gasteiger charge is 2.36. The van der Waals surface area contributed by atoms with Crippen molar-refractivity contribution in [3.05, 3.63) is 65.1 Å². The number of allylic oxidation sites excluding steroid dienone is 1. The molecule has 0 fully saturated rings. The monoisotopic (exact) mass is 376 g/mol. The molecule has 1 atom stereocenters. The van der Waals surface area contributed by atoms with Crippen LogP contribution in [0.5, 0.6) is 0 Å². The van der Waals surface area contributed by atoms with E-state index in [1.165, 1.54) is 5.56 Å². The van der Waals surface area contributed by atoms with E-state index >= 15 is 0 Å². The van der Waals surface area contributed by atoms with Crippen LogP contribution in [0.25, 0.3) is 0 Å². The van der Waals surface area contributed by atoms with Gasteiger partial charge in [-0.2, -0.15) is 10.3 Å². The lowest BCUT2D eigenvalue weighted by Crippen LogP contribution is -2.29. The SMILES string of the molecule is CCCCn1nc(C)nc1Cc1ccc(C2(c3nn[nH]n3)C=CN=CC2)cc1. The fraction of sp³-hybridized carbons (Fsp3) is 0.400. The molecule has 1 aliphatic heterocycles. The quantitative estimate of drug-likeness (QED) is 0.684. The summed E-state index contributed by atoms with van der Waals surface area (Å²) in [4.78, 5) is 8.82. The van der Waals surface area contributed by atoms with Gasteiger partial charge >= 0.3 is 0 Å². The Morgan fingerprint density at radius 2 is 2.07 bits per heavy atom. The number of hydrogen-bond acceptors (Lipinski definition) is 6. The van der Waals surface area contributed by atoms with Crippen LogP contribution in [0.2, 0.25) is 0 Å². The molecule has 28 heavy (non-hydrogen) atoms. The molecule has 8 heteroatoms. The summed E-state index contributed by atoms with van der Waals surface area (Å²) in [7, 11) is 0. The Balaban J connectivity index is 1.59. The van der Waals surface area contributed by atoms with Gasteiger partial charge in [0, 0.05) is 31.8 Å². The second-order valence-electron chi connectivity index (χ2n) is 7.08. The Labute approximate surface area is 163 Å². The standard InChI is InChI=1S/C20H24N8/c1-3-4-13-28-18(22-15(2)25-28)14-16-5-7-17(8-6-16)20(9-11-21-12-10-20)19-23-26-27-24-19/h5-9,11-12H,3-4,10,13-14H2,1-2H3,(H,23,24,26,27). The number of H-pyrrole nitrogens is 1. The maximum absolute atomic E-state index is 4.62. The van der Waals surface area contributed by atoms with Gasteiger partial charge in [-0.1, -0.05) is 42.8 Å². The molecule has 2 aromatic heterocycles. The van der Waals surface area contributed by atoms with Crippen molar-refractivity contribution in [2.45, 2.75) is 51.5 Å². The molecule has 0 spiro atoms. The van der Waals surface area contributed by atoms with E-state index in [2.05, 4.69) is 66.9 Å². The lowest BCUT2D eigenvalue weighted by molar-refractivity contribution is 0.547. The number of benzene rings is 1. The normalized spacial score (nSPS) is 18.6. The Kier molecular flexibility index (Phi) is 5.10. The topological polar surface area (TPSA) is 97.5 Å². The van der Waals surface area contributed by atoms with E-state index in [1.54, 1.807) is 6.20 Å². The van der Waals surface area contributed by atoms with E-state index in [9.17, 15) is 0 Å². The predicted octanol–water partition coefficient (Wildman–Crippen LogP) is 2.76. The third-order valence-electron chi connectivity index (χ3n) is 5.12. The van der Waals surface area contributed by atoms with Gasteiger partial charge in [-0.3, -0.25) is 4.99 Å². The smallest absolute Gasteiger partial charge is 0.189 e. The summed E-state index contributed by atoms with van der Waals surface area (Å²) in [6.45, 7) is 5.04. The first-order valence-corrected chi connectivity index (χ1v) is 9.64. The Morgan fingerprint density at radius 1 is 1.21 bits per heavy atom. The Bertz CT molecular complexity index is 968. The summed E-state index contributed by atoms with van der Waals surface area (Å²) in [5, 5.41) is 19.3. The number of aromatic nitrogens is 7. The van der Waals surface area contributed by atoms with Gasteiger partial charge in [0.05, 0.1) is 5.41 Å². The third-order valence-corrected chi connectivity index (χ3v) is 5.12. The van der Waals surface area contributed by atoms with Crippen molar-refractivity contribution in [3.8, 4) is 0 Å². The Morgan fingerprint density at radius 3 is 2.75 bits per heavy atom. The van der Waals surface area contributed by atoms with Gasteiger partial charge in [0.15, 0.2) is 5.82 Å². The second kappa shape index (κ2) is 7.84. The molecule has 1 unspecified atom stereocenters. The van der Waals surface area contributed by atoms with E-state index < -0.39 is 5.41 Å². The van der Waals surface area contributed by atoms with Crippen molar-refractivity contribution in [1.29, 1.82) is 0 Å². The zero-order chi connectivity index (χ0) is 19.4. The molecule has 3 aromatic rings. The molecule has 0 saturated heterocycles. The minimum absolute atomic E-state index is 0.439. The van der Waals surface area contributed by atoms with Crippen LogP contribution < -0.4 is 0 Å². The van der Waals surface area contributed by atoms with Gasteiger partial charge in [-0.15, -0.1) is 10.2 Å². The van der Waals surface area contributed by atoms with Gasteiger partial charge < -0.3 is 0 Å². The van der Waals surface area contributed by atoms with Crippen LogP contribution in [0.15, 0.2) is 41.5 Å². The van der Waals surface area contributed by atoms with Crippen molar-refractivity contribution < 1.29 is 0 Å². The van der Waals surface area contributed by atoms with Crippen LogP contribution in [0, 0.1) is 6.92 Å². The van der Waals surface area contributed by atoms with Crippen molar-refractivity contribution in [3.63, 3.8) is 0 Å². The maximum Gasteiger partial charge on any atom is 0.189 e. The zero-order valence-electron chi connectivity index (χ0n) is 16.2. The number of aliphatic imine (C=N–C) groups is 1. The van der Waals surface area contributed by atoms with Crippen LogP contribution in [-0.4, -0.2) is 41.6 Å². The predicted molar refractivity (Wildman–Crippen MR) is 106 cm³/mol. The third kappa shape index (κ3) is 3.49. The minimum atomic E-state index is -0.439. The fourth-order valence-electron chi connectivity index (χ4n) is 3.58. The number of aromatic amines is 1. The summed E-state index contributed by atoms with van der Waals surface area (Å²) in [5.41, 5.74) is 1.87. The number of hydrogen-bond donors (Lipinski definition) is 1. The number of rotatable bonds is 7. The molecule has 8 nitrogen and oxygen atoms in total.